The molecule has 1 unspecified atom stereocenters. The largest absolute Gasteiger partial charge is 0.380 e. The minimum Gasteiger partial charge on any atom is -0.380 e. The second kappa shape index (κ2) is 7.19. The fourth-order valence-electron chi connectivity index (χ4n) is 2.13. The van der Waals surface area contributed by atoms with Crippen LogP contribution in [0.2, 0.25) is 0 Å². The second-order valence-electron chi connectivity index (χ2n) is 4.84. The van der Waals surface area contributed by atoms with Gasteiger partial charge < -0.3 is 10.1 Å². The number of ether oxygens (including phenoxy) is 1. The van der Waals surface area contributed by atoms with E-state index in [0.29, 0.717) is 6.04 Å². The van der Waals surface area contributed by atoms with E-state index in [2.05, 4.69) is 34.6 Å². The summed E-state index contributed by atoms with van der Waals surface area (Å²) in [6, 6.07) is 0.563. The maximum atomic E-state index is 5.42. The Bertz CT molecular complexity index is 350. The van der Waals surface area contributed by atoms with E-state index in [4.69, 9.17) is 4.74 Å². The number of rotatable bonds is 7. The van der Waals surface area contributed by atoms with Gasteiger partial charge in [-0.3, -0.25) is 4.90 Å². The highest BCUT2D eigenvalue weighted by atomic mass is 32.1. The van der Waals surface area contributed by atoms with Crippen LogP contribution in [0.3, 0.4) is 0 Å². The van der Waals surface area contributed by atoms with Gasteiger partial charge in [-0.2, -0.15) is 0 Å². The lowest BCUT2D eigenvalue weighted by Gasteiger charge is -2.21. The highest BCUT2D eigenvalue weighted by Crippen LogP contribution is 2.16. The first-order valence-corrected chi connectivity index (χ1v) is 7.59. The fourth-order valence-corrected chi connectivity index (χ4v) is 2.88. The number of likely N-dealkylation sites (N-methyl/N-ethyl adjacent to an activating group) is 1. The zero-order valence-electron chi connectivity index (χ0n) is 11.3. The third kappa shape index (κ3) is 4.02. The summed E-state index contributed by atoms with van der Waals surface area (Å²) in [7, 11) is 2.16. The van der Waals surface area contributed by atoms with Crippen molar-refractivity contribution in [1.82, 2.24) is 15.2 Å². The summed E-state index contributed by atoms with van der Waals surface area (Å²) in [4.78, 5) is 7.02. The molecular weight excluding hydrogens is 246 g/mol. The Hall–Kier alpha value is -0.490. The highest BCUT2D eigenvalue weighted by Gasteiger charge is 2.20. The molecule has 5 heteroatoms. The van der Waals surface area contributed by atoms with Gasteiger partial charge in [0.05, 0.1) is 12.3 Å². The molecule has 2 heterocycles. The summed E-state index contributed by atoms with van der Waals surface area (Å²) in [6.07, 6.45) is 2.31. The molecule has 18 heavy (non-hydrogen) atoms. The molecule has 1 N–H and O–H groups in total. The van der Waals surface area contributed by atoms with E-state index in [-0.39, 0.29) is 0 Å². The van der Waals surface area contributed by atoms with Gasteiger partial charge in [0.25, 0.3) is 0 Å². The van der Waals surface area contributed by atoms with Crippen molar-refractivity contribution in [2.45, 2.75) is 38.9 Å². The van der Waals surface area contributed by atoms with Crippen molar-refractivity contribution in [1.29, 1.82) is 0 Å². The molecule has 0 aromatic carbocycles. The number of nitrogens with one attached hydrogen (secondary N) is 1. The van der Waals surface area contributed by atoms with Crippen LogP contribution in [-0.4, -0.2) is 42.7 Å². The Balaban J connectivity index is 1.78. The number of thiazole rings is 1. The summed E-state index contributed by atoms with van der Waals surface area (Å²) in [5.41, 5.74) is 1.18. The first-order valence-electron chi connectivity index (χ1n) is 6.71. The van der Waals surface area contributed by atoms with Crippen LogP contribution in [0, 0.1) is 0 Å². The average molecular weight is 269 g/mol. The lowest BCUT2D eigenvalue weighted by molar-refractivity contribution is 0.156. The van der Waals surface area contributed by atoms with E-state index in [0.717, 1.165) is 39.3 Å². The van der Waals surface area contributed by atoms with Gasteiger partial charge >= 0.3 is 0 Å². The first-order chi connectivity index (χ1) is 8.79. The van der Waals surface area contributed by atoms with Crippen LogP contribution in [0.5, 0.6) is 0 Å². The third-order valence-corrected chi connectivity index (χ3v) is 4.14. The summed E-state index contributed by atoms with van der Waals surface area (Å²) in [6.45, 7) is 6.84. The predicted octanol–water partition coefficient (Wildman–Crippen LogP) is 1.86. The Kier molecular flexibility index (Phi) is 5.56. The molecule has 1 aliphatic rings. The summed E-state index contributed by atoms with van der Waals surface area (Å²) in [5, 5.41) is 6.75. The smallest absolute Gasteiger partial charge is 0.107 e. The minimum atomic E-state index is 0.563. The van der Waals surface area contributed by atoms with Crippen molar-refractivity contribution in [3.05, 3.63) is 16.1 Å². The first kappa shape index (κ1) is 13.9. The van der Waals surface area contributed by atoms with E-state index >= 15 is 0 Å². The molecule has 1 saturated heterocycles. The third-order valence-electron chi connectivity index (χ3n) is 3.24. The molecule has 1 aromatic rings. The molecule has 1 atom stereocenters. The molecule has 102 valence electrons. The molecule has 0 aliphatic carbocycles. The van der Waals surface area contributed by atoms with Crippen LogP contribution in [0.25, 0.3) is 0 Å². The van der Waals surface area contributed by atoms with Gasteiger partial charge in [0.2, 0.25) is 0 Å². The van der Waals surface area contributed by atoms with Crippen molar-refractivity contribution in [2.24, 2.45) is 0 Å². The normalized spacial score (nSPS) is 19.8. The van der Waals surface area contributed by atoms with E-state index < -0.39 is 0 Å². The molecule has 0 amide bonds. The molecule has 1 aliphatic heterocycles. The molecule has 1 fully saturated rings. The van der Waals surface area contributed by atoms with Gasteiger partial charge in [-0.05, 0) is 26.4 Å². The van der Waals surface area contributed by atoms with Crippen LogP contribution in [0.15, 0.2) is 5.38 Å². The minimum absolute atomic E-state index is 0.563. The zero-order chi connectivity index (χ0) is 12.8. The van der Waals surface area contributed by atoms with Crippen LogP contribution in [0.4, 0.5) is 0 Å². The van der Waals surface area contributed by atoms with Crippen molar-refractivity contribution < 1.29 is 4.74 Å². The number of hydrogen-bond donors (Lipinski definition) is 1. The number of nitrogens with zero attached hydrogens (tertiary/aromatic N) is 2. The highest BCUT2D eigenvalue weighted by molar-refractivity contribution is 7.09. The van der Waals surface area contributed by atoms with Gasteiger partial charge in [0.15, 0.2) is 0 Å². The van der Waals surface area contributed by atoms with Gasteiger partial charge in [0.1, 0.15) is 5.01 Å². The topological polar surface area (TPSA) is 37.4 Å². The lowest BCUT2D eigenvalue weighted by Crippen LogP contribution is -2.31. The maximum Gasteiger partial charge on any atom is 0.107 e. The Labute approximate surface area is 113 Å². The van der Waals surface area contributed by atoms with Gasteiger partial charge in [-0.25, -0.2) is 4.98 Å². The molecule has 4 nitrogen and oxygen atoms in total. The Morgan fingerprint density at radius 3 is 3.22 bits per heavy atom. The van der Waals surface area contributed by atoms with Crippen LogP contribution in [0.1, 0.15) is 30.5 Å². The lowest BCUT2D eigenvalue weighted by atomic mass is 10.2. The predicted molar refractivity (Wildman–Crippen MR) is 74.8 cm³/mol. The maximum absolute atomic E-state index is 5.42. The quantitative estimate of drug-likeness (QED) is 0.767. The average Bonchev–Trinajstić information content (AvgIpc) is 3.00. The van der Waals surface area contributed by atoms with E-state index in [1.807, 2.05) is 0 Å². The summed E-state index contributed by atoms with van der Waals surface area (Å²) in [5.74, 6) is 0. The molecule has 0 spiro atoms. The van der Waals surface area contributed by atoms with Crippen LogP contribution >= 0.6 is 11.3 Å². The van der Waals surface area contributed by atoms with Crippen molar-refractivity contribution in [3.8, 4) is 0 Å². The monoisotopic (exact) mass is 269 g/mol. The molecule has 0 bridgehead atoms. The van der Waals surface area contributed by atoms with Crippen molar-refractivity contribution in [3.63, 3.8) is 0 Å². The molecule has 0 saturated carbocycles. The number of hydrogen-bond acceptors (Lipinski definition) is 5. The van der Waals surface area contributed by atoms with E-state index in [1.165, 1.54) is 17.1 Å². The molecule has 1 aromatic heterocycles. The van der Waals surface area contributed by atoms with Crippen LogP contribution in [-0.2, 0) is 17.8 Å². The fraction of sp³-hybridized carbons (Fsp3) is 0.769. The summed E-state index contributed by atoms with van der Waals surface area (Å²) >= 11 is 1.75. The van der Waals surface area contributed by atoms with Crippen molar-refractivity contribution >= 4 is 11.3 Å². The van der Waals surface area contributed by atoms with Crippen molar-refractivity contribution in [2.75, 3.05) is 26.8 Å². The second-order valence-corrected chi connectivity index (χ2v) is 5.78. The summed E-state index contributed by atoms with van der Waals surface area (Å²) < 4.78 is 5.42. The Morgan fingerprint density at radius 2 is 2.50 bits per heavy atom. The molecule has 0 radical (unpaired) electrons. The van der Waals surface area contributed by atoms with Crippen LogP contribution < -0.4 is 5.32 Å². The SMILES string of the molecule is CCCNCc1nc(CN(C)C2CCOC2)cs1. The van der Waals surface area contributed by atoms with E-state index in [9.17, 15) is 0 Å². The Morgan fingerprint density at radius 1 is 1.61 bits per heavy atom. The van der Waals surface area contributed by atoms with Gasteiger partial charge in [-0.15, -0.1) is 11.3 Å². The standard InChI is InChI=1S/C13H23N3OS/c1-3-5-14-7-13-15-11(10-18-13)8-16(2)12-4-6-17-9-12/h10,12,14H,3-9H2,1-2H3. The van der Waals surface area contributed by atoms with Gasteiger partial charge in [0, 0.05) is 31.1 Å². The zero-order valence-corrected chi connectivity index (χ0v) is 12.1. The van der Waals surface area contributed by atoms with Gasteiger partial charge in [-0.1, -0.05) is 6.92 Å². The molecule has 2 rings (SSSR count). The molecular formula is C13H23N3OS. The van der Waals surface area contributed by atoms with E-state index in [1.54, 1.807) is 11.3 Å². The number of aromatic nitrogens is 1.